The van der Waals surface area contributed by atoms with E-state index < -0.39 is 0 Å². The van der Waals surface area contributed by atoms with Crippen LogP contribution in [0.3, 0.4) is 0 Å². The number of rotatable bonds is 2. The first-order chi connectivity index (χ1) is 8.84. The summed E-state index contributed by atoms with van der Waals surface area (Å²) in [5, 5.41) is 0. The molecule has 1 aliphatic rings. The third-order valence-electron chi connectivity index (χ3n) is 3.21. The fraction of sp³-hybridized carbons (Fsp3) is 0.188. The lowest BCUT2D eigenvalue weighted by Gasteiger charge is -2.04. The van der Waals surface area contributed by atoms with Gasteiger partial charge in [0.05, 0.1) is 0 Å². The molecule has 90 valence electrons. The van der Waals surface area contributed by atoms with Crippen molar-refractivity contribution in [3.8, 4) is 0 Å². The minimum atomic E-state index is 0.126. The van der Waals surface area contributed by atoms with Crippen LogP contribution < -0.4 is 0 Å². The molecular formula is C16H15NO. The Balaban J connectivity index is 1.91. The Labute approximate surface area is 107 Å². The molecule has 2 heteroatoms. The molecule has 2 aromatic carbocycles. The quantitative estimate of drug-likeness (QED) is 0.783. The first kappa shape index (κ1) is 11.0. The molecule has 0 N–H and O–H groups in total. The zero-order valence-electron chi connectivity index (χ0n) is 10.3. The first-order valence-electron chi connectivity index (χ1n) is 6.16. The summed E-state index contributed by atoms with van der Waals surface area (Å²) in [6.45, 7) is 2.71. The van der Waals surface area contributed by atoms with E-state index in [0.29, 0.717) is 6.61 Å². The van der Waals surface area contributed by atoms with Gasteiger partial charge < -0.3 is 4.74 Å². The van der Waals surface area contributed by atoms with Crippen LogP contribution in [-0.2, 0) is 4.74 Å². The highest BCUT2D eigenvalue weighted by atomic mass is 16.5. The van der Waals surface area contributed by atoms with E-state index in [1.807, 2.05) is 30.3 Å². The summed E-state index contributed by atoms with van der Waals surface area (Å²) in [5.41, 5.74) is 3.50. The Kier molecular flexibility index (Phi) is 2.85. The molecule has 0 bridgehead atoms. The van der Waals surface area contributed by atoms with Gasteiger partial charge >= 0.3 is 0 Å². The largest absolute Gasteiger partial charge is 0.475 e. The van der Waals surface area contributed by atoms with Crippen LogP contribution in [-0.4, -0.2) is 12.5 Å². The van der Waals surface area contributed by atoms with Crippen LogP contribution >= 0.6 is 0 Å². The summed E-state index contributed by atoms with van der Waals surface area (Å²) in [5.74, 6) is 0.766. The lowest BCUT2D eigenvalue weighted by atomic mass is 10.1. The molecule has 2 aromatic rings. The van der Waals surface area contributed by atoms with Gasteiger partial charge in [0.2, 0.25) is 5.90 Å². The van der Waals surface area contributed by atoms with Crippen molar-refractivity contribution in [2.24, 2.45) is 4.99 Å². The van der Waals surface area contributed by atoms with Crippen molar-refractivity contribution in [1.29, 1.82) is 0 Å². The van der Waals surface area contributed by atoms with Gasteiger partial charge in [0, 0.05) is 5.56 Å². The van der Waals surface area contributed by atoms with Crippen LogP contribution in [0.2, 0.25) is 0 Å². The van der Waals surface area contributed by atoms with E-state index in [2.05, 4.69) is 36.2 Å². The van der Waals surface area contributed by atoms with Gasteiger partial charge in [-0.05, 0) is 24.1 Å². The molecule has 2 nitrogen and oxygen atoms in total. The van der Waals surface area contributed by atoms with Gasteiger partial charge in [-0.2, -0.15) is 0 Å². The van der Waals surface area contributed by atoms with E-state index in [9.17, 15) is 0 Å². The maximum absolute atomic E-state index is 5.74. The highest BCUT2D eigenvalue weighted by Gasteiger charge is 2.22. The van der Waals surface area contributed by atoms with Gasteiger partial charge in [-0.1, -0.05) is 48.5 Å². The SMILES string of the molecule is Cc1ccccc1C1=N[C@H](c2ccccc2)CO1. The molecular weight excluding hydrogens is 222 g/mol. The number of hydrogen-bond donors (Lipinski definition) is 0. The fourth-order valence-electron chi connectivity index (χ4n) is 2.18. The lowest BCUT2D eigenvalue weighted by Crippen LogP contribution is -2.03. The van der Waals surface area contributed by atoms with E-state index in [4.69, 9.17) is 4.74 Å². The average molecular weight is 237 g/mol. The number of nitrogens with zero attached hydrogens (tertiary/aromatic N) is 1. The van der Waals surface area contributed by atoms with Crippen molar-refractivity contribution >= 4 is 5.90 Å². The Morgan fingerprint density at radius 1 is 1.00 bits per heavy atom. The van der Waals surface area contributed by atoms with E-state index in [1.165, 1.54) is 11.1 Å². The smallest absolute Gasteiger partial charge is 0.217 e. The highest BCUT2D eigenvalue weighted by Crippen LogP contribution is 2.25. The van der Waals surface area contributed by atoms with Gasteiger partial charge in [0.15, 0.2) is 0 Å². The molecule has 18 heavy (non-hydrogen) atoms. The summed E-state index contributed by atoms with van der Waals surface area (Å²) in [6, 6.07) is 18.6. The zero-order valence-corrected chi connectivity index (χ0v) is 10.3. The predicted molar refractivity (Wildman–Crippen MR) is 72.9 cm³/mol. The summed E-state index contributed by atoms with van der Waals surface area (Å²) < 4.78 is 5.74. The fourth-order valence-corrected chi connectivity index (χ4v) is 2.18. The molecule has 0 saturated heterocycles. The maximum atomic E-state index is 5.74. The van der Waals surface area contributed by atoms with E-state index >= 15 is 0 Å². The summed E-state index contributed by atoms with van der Waals surface area (Å²) >= 11 is 0. The van der Waals surface area contributed by atoms with Crippen LogP contribution in [0.1, 0.15) is 22.7 Å². The minimum Gasteiger partial charge on any atom is -0.475 e. The van der Waals surface area contributed by atoms with Gasteiger partial charge in [0.25, 0.3) is 0 Å². The van der Waals surface area contributed by atoms with Gasteiger partial charge in [-0.15, -0.1) is 0 Å². The predicted octanol–water partition coefficient (Wildman–Crippen LogP) is 3.51. The van der Waals surface area contributed by atoms with Gasteiger partial charge in [-0.3, -0.25) is 0 Å². The Morgan fingerprint density at radius 2 is 1.72 bits per heavy atom. The standard InChI is InChI=1S/C16H15NO/c1-12-7-5-6-10-14(12)16-17-15(11-18-16)13-8-3-2-4-9-13/h2-10,15H,11H2,1H3/t15-/m0/s1. The van der Waals surface area contributed by atoms with Gasteiger partial charge in [-0.25, -0.2) is 4.99 Å². The molecule has 0 radical (unpaired) electrons. The lowest BCUT2D eigenvalue weighted by molar-refractivity contribution is 0.319. The molecule has 0 aliphatic carbocycles. The van der Waals surface area contributed by atoms with E-state index in [1.54, 1.807) is 0 Å². The Hall–Kier alpha value is -2.09. The second-order valence-electron chi connectivity index (χ2n) is 4.49. The third kappa shape index (κ3) is 2.02. The molecule has 0 spiro atoms. The Bertz CT molecular complexity index is 575. The van der Waals surface area contributed by atoms with Crippen molar-refractivity contribution < 1.29 is 4.74 Å². The van der Waals surface area contributed by atoms with Crippen LogP contribution in [0, 0.1) is 6.92 Å². The minimum absolute atomic E-state index is 0.126. The summed E-state index contributed by atoms with van der Waals surface area (Å²) in [7, 11) is 0. The van der Waals surface area contributed by atoms with Crippen molar-refractivity contribution in [2.75, 3.05) is 6.61 Å². The molecule has 0 saturated carbocycles. The Morgan fingerprint density at radius 3 is 2.50 bits per heavy atom. The molecule has 0 amide bonds. The van der Waals surface area contributed by atoms with Crippen LogP contribution in [0.25, 0.3) is 0 Å². The normalized spacial score (nSPS) is 18.3. The van der Waals surface area contributed by atoms with Crippen LogP contribution in [0.4, 0.5) is 0 Å². The first-order valence-corrected chi connectivity index (χ1v) is 6.16. The van der Waals surface area contributed by atoms with Crippen molar-refractivity contribution in [1.82, 2.24) is 0 Å². The number of benzene rings is 2. The second kappa shape index (κ2) is 4.65. The number of aliphatic imine (C=N–C) groups is 1. The molecule has 1 atom stereocenters. The van der Waals surface area contributed by atoms with Crippen LogP contribution in [0.5, 0.6) is 0 Å². The van der Waals surface area contributed by atoms with E-state index in [-0.39, 0.29) is 6.04 Å². The number of ether oxygens (including phenoxy) is 1. The highest BCUT2D eigenvalue weighted by molar-refractivity contribution is 5.96. The molecule has 0 unspecified atom stereocenters. The molecule has 3 rings (SSSR count). The molecule has 1 aliphatic heterocycles. The zero-order chi connectivity index (χ0) is 12.4. The van der Waals surface area contributed by atoms with Crippen molar-refractivity contribution in [2.45, 2.75) is 13.0 Å². The van der Waals surface area contributed by atoms with Crippen molar-refractivity contribution in [3.63, 3.8) is 0 Å². The number of hydrogen-bond acceptors (Lipinski definition) is 2. The van der Waals surface area contributed by atoms with E-state index in [0.717, 1.165) is 11.5 Å². The van der Waals surface area contributed by atoms with Crippen molar-refractivity contribution in [3.05, 3.63) is 71.3 Å². The second-order valence-corrected chi connectivity index (χ2v) is 4.49. The summed E-state index contributed by atoms with van der Waals surface area (Å²) in [6.07, 6.45) is 0. The van der Waals surface area contributed by atoms with Crippen LogP contribution in [0.15, 0.2) is 59.6 Å². The molecule has 1 heterocycles. The average Bonchev–Trinajstić information content (AvgIpc) is 2.90. The topological polar surface area (TPSA) is 21.6 Å². The third-order valence-corrected chi connectivity index (χ3v) is 3.21. The number of aryl methyl sites for hydroxylation is 1. The molecule has 0 aromatic heterocycles. The monoisotopic (exact) mass is 237 g/mol. The van der Waals surface area contributed by atoms with Gasteiger partial charge in [0.1, 0.15) is 12.6 Å². The maximum Gasteiger partial charge on any atom is 0.217 e. The summed E-state index contributed by atoms with van der Waals surface area (Å²) in [4.78, 5) is 4.68. The molecule has 0 fully saturated rings.